The maximum atomic E-state index is 12.4. The first-order valence-electron chi connectivity index (χ1n) is 7.90. The summed E-state index contributed by atoms with van der Waals surface area (Å²) < 4.78 is 0. The fourth-order valence-electron chi connectivity index (χ4n) is 2.60. The highest BCUT2D eigenvalue weighted by Crippen LogP contribution is 2.20. The van der Waals surface area contributed by atoms with Crippen molar-refractivity contribution in [3.05, 3.63) is 35.4 Å². The van der Waals surface area contributed by atoms with Crippen LogP contribution >= 0.6 is 0 Å². The second-order valence-corrected chi connectivity index (χ2v) is 7.28. The average molecular weight is 302 g/mol. The molecule has 22 heavy (non-hydrogen) atoms. The second-order valence-electron chi connectivity index (χ2n) is 7.28. The quantitative estimate of drug-likeness (QED) is 0.843. The van der Waals surface area contributed by atoms with E-state index >= 15 is 0 Å². The van der Waals surface area contributed by atoms with Crippen molar-refractivity contribution in [2.24, 2.45) is 5.41 Å². The third-order valence-electron chi connectivity index (χ3n) is 3.90. The standard InChI is InChI=1S/C18H26N2O2/c1-14-5-7-15(8-6-14)17(22)20-11-9-19(10-12-20)16(21)13-18(2,3)4/h5-8H,9-13H2,1-4H3. The number of hydrogen-bond acceptors (Lipinski definition) is 2. The topological polar surface area (TPSA) is 40.6 Å². The Bertz CT molecular complexity index is 535. The molecule has 0 saturated carbocycles. The molecule has 2 amide bonds. The summed E-state index contributed by atoms with van der Waals surface area (Å²) in [7, 11) is 0. The second kappa shape index (κ2) is 6.51. The molecular weight excluding hydrogens is 276 g/mol. The molecule has 1 fully saturated rings. The highest BCUT2D eigenvalue weighted by molar-refractivity contribution is 5.94. The van der Waals surface area contributed by atoms with Gasteiger partial charge in [-0.1, -0.05) is 38.5 Å². The van der Waals surface area contributed by atoms with Crippen LogP contribution in [0.25, 0.3) is 0 Å². The van der Waals surface area contributed by atoms with Crippen LogP contribution in [-0.2, 0) is 4.79 Å². The first-order chi connectivity index (χ1) is 10.3. The van der Waals surface area contributed by atoms with Crippen molar-refractivity contribution in [1.82, 2.24) is 9.80 Å². The summed E-state index contributed by atoms with van der Waals surface area (Å²) in [6, 6.07) is 7.65. The van der Waals surface area contributed by atoms with Gasteiger partial charge in [0, 0.05) is 38.2 Å². The highest BCUT2D eigenvalue weighted by atomic mass is 16.2. The van der Waals surface area contributed by atoms with Gasteiger partial charge in [0.05, 0.1) is 0 Å². The number of aryl methyl sites for hydroxylation is 1. The first kappa shape index (κ1) is 16.5. The van der Waals surface area contributed by atoms with E-state index in [0.717, 1.165) is 11.1 Å². The fraction of sp³-hybridized carbons (Fsp3) is 0.556. The Morgan fingerprint density at radius 2 is 1.45 bits per heavy atom. The van der Waals surface area contributed by atoms with Gasteiger partial charge < -0.3 is 9.80 Å². The molecule has 120 valence electrons. The van der Waals surface area contributed by atoms with Crippen molar-refractivity contribution in [2.45, 2.75) is 34.1 Å². The molecular formula is C18H26N2O2. The summed E-state index contributed by atoms with van der Waals surface area (Å²) in [4.78, 5) is 28.4. The Hall–Kier alpha value is -1.84. The molecule has 0 atom stereocenters. The van der Waals surface area contributed by atoms with Crippen molar-refractivity contribution < 1.29 is 9.59 Å². The van der Waals surface area contributed by atoms with Gasteiger partial charge in [0.1, 0.15) is 0 Å². The normalized spacial score (nSPS) is 15.8. The van der Waals surface area contributed by atoms with Crippen molar-refractivity contribution in [1.29, 1.82) is 0 Å². The third-order valence-corrected chi connectivity index (χ3v) is 3.90. The fourth-order valence-corrected chi connectivity index (χ4v) is 2.60. The summed E-state index contributed by atoms with van der Waals surface area (Å²) in [6.45, 7) is 10.7. The molecule has 4 nitrogen and oxygen atoms in total. The number of amides is 2. The lowest BCUT2D eigenvalue weighted by Crippen LogP contribution is -2.51. The van der Waals surface area contributed by atoms with E-state index in [0.29, 0.717) is 32.6 Å². The maximum Gasteiger partial charge on any atom is 0.253 e. The highest BCUT2D eigenvalue weighted by Gasteiger charge is 2.27. The molecule has 1 aromatic rings. The van der Waals surface area contributed by atoms with Gasteiger partial charge in [-0.3, -0.25) is 9.59 Å². The van der Waals surface area contributed by atoms with Gasteiger partial charge in [0.2, 0.25) is 5.91 Å². The van der Waals surface area contributed by atoms with E-state index in [1.54, 1.807) is 0 Å². The van der Waals surface area contributed by atoms with Crippen molar-refractivity contribution in [3.8, 4) is 0 Å². The molecule has 0 radical (unpaired) electrons. The molecule has 0 bridgehead atoms. The molecule has 0 aromatic heterocycles. The van der Waals surface area contributed by atoms with Crippen LogP contribution < -0.4 is 0 Å². The summed E-state index contributed by atoms with van der Waals surface area (Å²) in [5.41, 5.74) is 1.88. The van der Waals surface area contributed by atoms with E-state index in [9.17, 15) is 9.59 Å². The van der Waals surface area contributed by atoms with Gasteiger partial charge in [-0.2, -0.15) is 0 Å². The van der Waals surface area contributed by atoms with Crippen LogP contribution in [0.1, 0.15) is 43.1 Å². The Labute approximate surface area is 133 Å². The zero-order valence-electron chi connectivity index (χ0n) is 14.1. The largest absolute Gasteiger partial charge is 0.339 e. The number of carbonyl (C=O) groups excluding carboxylic acids is 2. The minimum absolute atomic E-state index is 0.00589. The zero-order chi connectivity index (χ0) is 16.3. The van der Waals surface area contributed by atoms with Crippen LogP contribution in [0, 0.1) is 12.3 Å². The van der Waals surface area contributed by atoms with E-state index in [4.69, 9.17) is 0 Å². The van der Waals surface area contributed by atoms with Crippen LogP contribution in [0.3, 0.4) is 0 Å². The number of nitrogens with zero attached hydrogens (tertiary/aromatic N) is 2. The summed E-state index contributed by atoms with van der Waals surface area (Å²) in [5.74, 6) is 0.248. The van der Waals surface area contributed by atoms with Gasteiger partial charge in [0.15, 0.2) is 0 Å². The van der Waals surface area contributed by atoms with Crippen LogP contribution in [0.2, 0.25) is 0 Å². The molecule has 2 rings (SSSR count). The summed E-state index contributed by atoms with van der Waals surface area (Å²) in [5, 5.41) is 0. The van der Waals surface area contributed by atoms with Gasteiger partial charge in [-0.05, 0) is 24.5 Å². The number of rotatable bonds is 2. The smallest absolute Gasteiger partial charge is 0.253 e. The maximum absolute atomic E-state index is 12.4. The monoisotopic (exact) mass is 302 g/mol. The van der Waals surface area contributed by atoms with Gasteiger partial charge in [-0.25, -0.2) is 0 Å². The number of carbonyl (C=O) groups is 2. The van der Waals surface area contributed by atoms with E-state index in [2.05, 4.69) is 20.8 Å². The first-order valence-corrected chi connectivity index (χ1v) is 7.90. The number of piperazine rings is 1. The van der Waals surface area contributed by atoms with Crippen molar-refractivity contribution in [3.63, 3.8) is 0 Å². The van der Waals surface area contributed by atoms with E-state index in [1.165, 1.54) is 0 Å². The average Bonchev–Trinajstić information content (AvgIpc) is 2.46. The Balaban J connectivity index is 1.90. The third kappa shape index (κ3) is 4.33. The molecule has 1 aromatic carbocycles. The van der Waals surface area contributed by atoms with Crippen LogP contribution in [0.4, 0.5) is 0 Å². The van der Waals surface area contributed by atoms with E-state index in [-0.39, 0.29) is 17.2 Å². The number of hydrogen-bond donors (Lipinski definition) is 0. The molecule has 0 unspecified atom stereocenters. The van der Waals surface area contributed by atoms with Crippen molar-refractivity contribution >= 4 is 11.8 Å². The van der Waals surface area contributed by atoms with Gasteiger partial charge >= 0.3 is 0 Å². The predicted octanol–water partition coefficient (Wildman–Crippen LogP) is 2.72. The molecule has 1 heterocycles. The Kier molecular flexibility index (Phi) is 4.89. The lowest BCUT2D eigenvalue weighted by Gasteiger charge is -2.36. The minimum Gasteiger partial charge on any atom is -0.339 e. The lowest BCUT2D eigenvalue weighted by atomic mass is 9.91. The molecule has 0 spiro atoms. The molecule has 4 heteroatoms. The zero-order valence-corrected chi connectivity index (χ0v) is 14.1. The van der Waals surface area contributed by atoms with Gasteiger partial charge in [-0.15, -0.1) is 0 Å². The SMILES string of the molecule is Cc1ccc(C(=O)N2CCN(C(=O)CC(C)(C)C)CC2)cc1. The minimum atomic E-state index is 0.00589. The van der Waals surface area contributed by atoms with Crippen LogP contribution in [0.15, 0.2) is 24.3 Å². The van der Waals surface area contributed by atoms with Gasteiger partial charge in [0.25, 0.3) is 5.91 Å². The molecule has 1 saturated heterocycles. The molecule has 1 aliphatic heterocycles. The molecule has 1 aliphatic rings. The van der Waals surface area contributed by atoms with E-state index in [1.807, 2.05) is 41.0 Å². The van der Waals surface area contributed by atoms with Crippen LogP contribution in [0.5, 0.6) is 0 Å². The lowest BCUT2D eigenvalue weighted by molar-refractivity contribution is -0.134. The van der Waals surface area contributed by atoms with Crippen molar-refractivity contribution in [2.75, 3.05) is 26.2 Å². The summed E-state index contributed by atoms with van der Waals surface area (Å²) in [6.07, 6.45) is 0.554. The number of benzene rings is 1. The Morgan fingerprint density at radius 3 is 1.95 bits per heavy atom. The Morgan fingerprint density at radius 1 is 0.955 bits per heavy atom. The predicted molar refractivity (Wildman–Crippen MR) is 87.7 cm³/mol. The molecule has 0 N–H and O–H groups in total. The van der Waals surface area contributed by atoms with E-state index < -0.39 is 0 Å². The summed E-state index contributed by atoms with van der Waals surface area (Å²) >= 11 is 0. The molecule has 0 aliphatic carbocycles. The van der Waals surface area contributed by atoms with Crippen LogP contribution in [-0.4, -0.2) is 47.8 Å².